The Morgan fingerprint density at radius 3 is 2.47 bits per heavy atom. The molecule has 1 heterocycles. The largest absolute Gasteiger partial charge is 0.493 e. The van der Waals surface area contributed by atoms with E-state index in [0.29, 0.717) is 58.3 Å². The fourth-order valence-electron chi connectivity index (χ4n) is 5.51. The van der Waals surface area contributed by atoms with Crippen molar-refractivity contribution in [2.75, 3.05) is 32.0 Å². The summed E-state index contributed by atoms with van der Waals surface area (Å²) in [4.78, 5) is 40.4. The molecule has 0 unspecified atom stereocenters. The van der Waals surface area contributed by atoms with Gasteiger partial charge in [0, 0.05) is 23.7 Å². The van der Waals surface area contributed by atoms with Gasteiger partial charge in [0.2, 0.25) is 28.8 Å². The second kappa shape index (κ2) is 13.0. The number of benzene rings is 2. The Balaban J connectivity index is 1.50. The molecule has 4 aromatic rings. The minimum absolute atomic E-state index is 0.214. The number of amides is 2. The molecule has 13 heteroatoms. The van der Waals surface area contributed by atoms with Crippen LogP contribution in [-0.2, 0) is 23.1 Å². The van der Waals surface area contributed by atoms with Crippen LogP contribution in [0.25, 0.3) is 22.5 Å². The molecule has 45 heavy (non-hydrogen) atoms. The lowest BCUT2D eigenvalue weighted by molar-refractivity contribution is -0.119. The zero-order chi connectivity index (χ0) is 32.2. The number of hydrogen-bond acceptors (Lipinski definition) is 10. The molecule has 234 valence electrons. The zero-order valence-corrected chi connectivity index (χ0v) is 25.9. The predicted molar refractivity (Wildman–Crippen MR) is 169 cm³/mol. The Morgan fingerprint density at radius 1 is 1.02 bits per heavy atom. The topological polar surface area (TPSA) is 159 Å². The first kappa shape index (κ1) is 31.0. The van der Waals surface area contributed by atoms with E-state index >= 15 is 0 Å². The van der Waals surface area contributed by atoms with E-state index in [9.17, 15) is 14.4 Å². The molecule has 2 amide bonds. The van der Waals surface area contributed by atoms with Gasteiger partial charge in [0.15, 0.2) is 11.5 Å². The van der Waals surface area contributed by atoms with Crippen LogP contribution in [0.5, 0.6) is 17.2 Å². The van der Waals surface area contributed by atoms with Crippen LogP contribution in [0.1, 0.15) is 37.4 Å². The number of aromatic nitrogens is 4. The average molecular weight is 614 g/mol. The predicted octanol–water partition coefficient (Wildman–Crippen LogP) is 3.49. The van der Waals surface area contributed by atoms with Gasteiger partial charge in [-0.1, -0.05) is 18.2 Å². The van der Waals surface area contributed by atoms with Crippen LogP contribution in [0.2, 0.25) is 0 Å². The highest BCUT2D eigenvalue weighted by Gasteiger charge is 2.29. The van der Waals surface area contributed by atoms with Crippen molar-refractivity contribution in [3.63, 3.8) is 0 Å². The molecule has 1 aliphatic carbocycles. The van der Waals surface area contributed by atoms with Gasteiger partial charge < -0.3 is 30.2 Å². The summed E-state index contributed by atoms with van der Waals surface area (Å²) in [7, 11) is 6.30. The fourth-order valence-corrected chi connectivity index (χ4v) is 5.51. The summed E-state index contributed by atoms with van der Waals surface area (Å²) in [6.07, 6.45) is 1.12. The standard InChI is InChI=1S/C32H35N7O6/c1-17(32(42)35-21-9-7-8-20(14-21)31-36-38-39(3)37-31)33-25-13-11-22-23(16-26(25)41)24(34-18(2)40)12-10-19-15-27(43-4)29(44-5)30(45-6)28(19)22/h7-9,11,13-17,24H,10,12H2,1-6H3,(H,33,41)(H,34,40)(H,35,42)/t17-,24-/m0/s1. The molecule has 2 atom stereocenters. The number of fused-ring (bicyclic) bond motifs is 3. The van der Waals surface area contributed by atoms with Gasteiger partial charge in [0.25, 0.3) is 0 Å². The number of hydrogen-bond donors (Lipinski definition) is 3. The molecule has 5 rings (SSSR count). The Morgan fingerprint density at radius 2 is 1.80 bits per heavy atom. The smallest absolute Gasteiger partial charge is 0.246 e. The van der Waals surface area contributed by atoms with E-state index in [1.54, 1.807) is 58.5 Å². The summed E-state index contributed by atoms with van der Waals surface area (Å²) < 4.78 is 17.1. The Bertz CT molecular complexity index is 1820. The van der Waals surface area contributed by atoms with Crippen LogP contribution < -0.4 is 35.6 Å². The number of nitrogens with zero attached hydrogens (tertiary/aromatic N) is 4. The molecule has 1 aliphatic rings. The first-order chi connectivity index (χ1) is 21.6. The van der Waals surface area contributed by atoms with Crippen LogP contribution in [0.4, 0.5) is 11.4 Å². The van der Waals surface area contributed by atoms with Gasteiger partial charge >= 0.3 is 0 Å². The van der Waals surface area contributed by atoms with Gasteiger partial charge in [-0.05, 0) is 72.0 Å². The van der Waals surface area contributed by atoms with Gasteiger partial charge in [-0.3, -0.25) is 14.4 Å². The van der Waals surface area contributed by atoms with E-state index in [4.69, 9.17) is 14.2 Å². The third-order valence-corrected chi connectivity index (χ3v) is 7.58. The van der Waals surface area contributed by atoms with E-state index in [0.717, 1.165) is 11.1 Å². The lowest BCUT2D eigenvalue weighted by atomic mass is 9.95. The summed E-state index contributed by atoms with van der Waals surface area (Å²) >= 11 is 0. The Hall–Kier alpha value is -5.46. The molecule has 0 fully saturated rings. The van der Waals surface area contributed by atoms with Crippen molar-refractivity contribution >= 4 is 23.2 Å². The number of carbonyl (C=O) groups is 2. The lowest BCUT2D eigenvalue weighted by Gasteiger charge is -2.19. The van der Waals surface area contributed by atoms with Gasteiger partial charge in [-0.25, -0.2) is 0 Å². The number of anilines is 2. The molecule has 3 aromatic carbocycles. The van der Waals surface area contributed by atoms with Crippen molar-refractivity contribution in [3.05, 3.63) is 69.9 Å². The number of nitrogens with one attached hydrogen (secondary N) is 3. The molecule has 0 radical (unpaired) electrons. The molecule has 0 aliphatic heterocycles. The molecule has 0 spiro atoms. The first-order valence-electron chi connectivity index (χ1n) is 14.3. The molecule has 0 bridgehead atoms. The van der Waals surface area contributed by atoms with Gasteiger partial charge in [0.05, 0.1) is 40.1 Å². The zero-order valence-electron chi connectivity index (χ0n) is 25.9. The third kappa shape index (κ3) is 6.42. The van der Waals surface area contributed by atoms with Crippen LogP contribution in [-0.4, -0.2) is 59.4 Å². The van der Waals surface area contributed by atoms with Gasteiger partial charge in [-0.15, -0.1) is 10.2 Å². The molecule has 1 aromatic heterocycles. The van der Waals surface area contributed by atoms with Crippen LogP contribution in [0, 0.1) is 0 Å². The number of carbonyl (C=O) groups excluding carboxylic acids is 2. The monoisotopic (exact) mass is 613 g/mol. The summed E-state index contributed by atoms with van der Waals surface area (Å²) in [5.41, 5.74) is 4.07. The molecular weight excluding hydrogens is 578 g/mol. The van der Waals surface area contributed by atoms with Crippen molar-refractivity contribution < 1.29 is 23.8 Å². The Labute approximate surface area is 259 Å². The van der Waals surface area contributed by atoms with Crippen molar-refractivity contribution in [2.24, 2.45) is 7.05 Å². The molecule has 0 saturated carbocycles. The SMILES string of the molecule is COc1cc2c(c(OC)c1OC)-c1ccc(N[C@@H](C)C(=O)Nc3cccc(-c4nnn(C)n4)c3)c(=O)cc1[C@@H](NC(C)=O)CC2. The molecular formula is C32H35N7O6. The highest BCUT2D eigenvalue weighted by Crippen LogP contribution is 2.50. The van der Waals surface area contributed by atoms with Crippen molar-refractivity contribution in [3.8, 4) is 39.8 Å². The highest BCUT2D eigenvalue weighted by atomic mass is 16.5. The maximum Gasteiger partial charge on any atom is 0.246 e. The third-order valence-electron chi connectivity index (χ3n) is 7.58. The summed E-state index contributed by atoms with van der Waals surface area (Å²) in [5.74, 6) is 1.24. The maximum absolute atomic E-state index is 13.6. The van der Waals surface area contributed by atoms with Crippen LogP contribution in [0.3, 0.4) is 0 Å². The number of tetrazole rings is 1. The molecule has 3 N–H and O–H groups in total. The number of methoxy groups -OCH3 is 3. The van der Waals surface area contributed by atoms with Crippen molar-refractivity contribution in [2.45, 2.75) is 38.8 Å². The number of ether oxygens (including phenoxy) is 3. The summed E-state index contributed by atoms with van der Waals surface area (Å²) in [6.45, 7) is 3.11. The summed E-state index contributed by atoms with van der Waals surface area (Å²) in [6, 6.07) is 12.7. The van der Waals surface area contributed by atoms with Crippen LogP contribution in [0.15, 0.2) is 53.3 Å². The quantitative estimate of drug-likeness (QED) is 0.255. The fraction of sp³-hybridized carbons (Fsp3) is 0.312. The summed E-state index contributed by atoms with van der Waals surface area (Å²) in [5, 5.41) is 21.0. The van der Waals surface area contributed by atoms with Gasteiger partial charge in [0.1, 0.15) is 6.04 Å². The highest BCUT2D eigenvalue weighted by molar-refractivity contribution is 5.96. The van der Waals surface area contributed by atoms with E-state index in [2.05, 4.69) is 31.4 Å². The Kier molecular flexibility index (Phi) is 8.98. The second-order valence-electron chi connectivity index (χ2n) is 10.6. The lowest BCUT2D eigenvalue weighted by Crippen LogP contribution is -2.33. The number of aryl methyl sites for hydroxylation is 2. The normalized spacial score (nSPS) is 14.2. The van der Waals surface area contributed by atoms with E-state index in [1.807, 2.05) is 12.1 Å². The average Bonchev–Trinajstić information content (AvgIpc) is 3.33. The molecule has 0 saturated heterocycles. The first-order valence-corrected chi connectivity index (χ1v) is 14.3. The van der Waals surface area contributed by atoms with E-state index in [1.165, 1.54) is 24.9 Å². The van der Waals surface area contributed by atoms with E-state index < -0.39 is 12.1 Å². The minimum Gasteiger partial charge on any atom is -0.493 e. The number of rotatable bonds is 9. The molecule has 13 nitrogen and oxygen atoms in total. The second-order valence-corrected chi connectivity index (χ2v) is 10.6. The minimum atomic E-state index is -0.782. The van der Waals surface area contributed by atoms with Gasteiger partial charge in [-0.2, -0.15) is 4.80 Å². The van der Waals surface area contributed by atoms with Crippen molar-refractivity contribution in [1.29, 1.82) is 0 Å². The maximum atomic E-state index is 13.6. The van der Waals surface area contributed by atoms with E-state index in [-0.39, 0.29) is 22.9 Å². The van der Waals surface area contributed by atoms with Crippen LogP contribution >= 0.6 is 0 Å². The van der Waals surface area contributed by atoms with Crippen molar-refractivity contribution in [1.82, 2.24) is 25.5 Å².